The van der Waals surface area contributed by atoms with E-state index in [9.17, 15) is 14.7 Å². The van der Waals surface area contributed by atoms with Crippen molar-refractivity contribution < 1.29 is 19.4 Å². The van der Waals surface area contributed by atoms with Gasteiger partial charge >= 0.3 is 5.97 Å². The number of hydrogen-bond acceptors (Lipinski definition) is 4. The van der Waals surface area contributed by atoms with E-state index < -0.39 is 11.9 Å². The summed E-state index contributed by atoms with van der Waals surface area (Å²) in [6.07, 6.45) is 4.96. The summed E-state index contributed by atoms with van der Waals surface area (Å²) in [5.74, 6) is -1.70. The van der Waals surface area contributed by atoms with Crippen LogP contribution in [-0.2, 0) is 9.53 Å². The van der Waals surface area contributed by atoms with E-state index in [1.54, 1.807) is 23.0 Å². The molecule has 138 valence electrons. The van der Waals surface area contributed by atoms with Crippen LogP contribution in [0.3, 0.4) is 0 Å². The van der Waals surface area contributed by atoms with E-state index in [0.717, 1.165) is 11.3 Å². The molecule has 0 saturated carbocycles. The number of carboxylic acids is 1. The summed E-state index contributed by atoms with van der Waals surface area (Å²) in [5.41, 5.74) is 2.33. The van der Waals surface area contributed by atoms with Crippen molar-refractivity contribution in [1.29, 1.82) is 0 Å². The summed E-state index contributed by atoms with van der Waals surface area (Å²) >= 11 is 0. The van der Waals surface area contributed by atoms with Gasteiger partial charge in [-0.25, -0.2) is 4.68 Å². The molecule has 0 aliphatic carbocycles. The van der Waals surface area contributed by atoms with Gasteiger partial charge in [0.25, 0.3) is 5.91 Å². The Morgan fingerprint density at radius 1 is 1.38 bits per heavy atom. The maximum atomic E-state index is 12.5. The van der Waals surface area contributed by atoms with Crippen LogP contribution in [0, 0.1) is 18.8 Å². The number of benzene rings is 1. The molecule has 1 aromatic carbocycles. The van der Waals surface area contributed by atoms with Crippen molar-refractivity contribution in [3.05, 3.63) is 47.8 Å². The van der Waals surface area contributed by atoms with Crippen LogP contribution in [0.25, 0.3) is 5.69 Å². The number of hydrogen-bond donors (Lipinski definition) is 2. The van der Waals surface area contributed by atoms with Crippen molar-refractivity contribution in [3.8, 4) is 5.69 Å². The summed E-state index contributed by atoms with van der Waals surface area (Å²) in [6, 6.07) is 7.19. The second kappa shape index (κ2) is 8.14. The van der Waals surface area contributed by atoms with Crippen molar-refractivity contribution >= 4 is 11.9 Å². The number of carbonyl (C=O) groups excluding carboxylic acids is 1. The molecule has 0 spiro atoms. The molecule has 7 nitrogen and oxygen atoms in total. The van der Waals surface area contributed by atoms with Crippen LogP contribution in [0.2, 0.25) is 0 Å². The number of aryl methyl sites for hydroxylation is 1. The van der Waals surface area contributed by atoms with E-state index in [4.69, 9.17) is 4.74 Å². The molecule has 1 saturated heterocycles. The quantitative estimate of drug-likeness (QED) is 0.825. The molecule has 7 heteroatoms. The van der Waals surface area contributed by atoms with Crippen molar-refractivity contribution in [2.75, 3.05) is 19.8 Å². The zero-order chi connectivity index (χ0) is 18.5. The highest BCUT2D eigenvalue weighted by atomic mass is 16.5. The summed E-state index contributed by atoms with van der Waals surface area (Å²) in [6.45, 7) is 3.20. The van der Waals surface area contributed by atoms with Crippen LogP contribution in [0.15, 0.2) is 36.7 Å². The van der Waals surface area contributed by atoms with Crippen LogP contribution >= 0.6 is 0 Å². The molecule has 2 N–H and O–H groups in total. The highest BCUT2D eigenvalue weighted by molar-refractivity contribution is 5.94. The smallest absolute Gasteiger partial charge is 0.308 e. The molecule has 1 fully saturated rings. The van der Waals surface area contributed by atoms with Gasteiger partial charge < -0.3 is 15.2 Å². The van der Waals surface area contributed by atoms with Gasteiger partial charge in [-0.1, -0.05) is 0 Å². The van der Waals surface area contributed by atoms with E-state index in [2.05, 4.69) is 10.4 Å². The SMILES string of the molecule is Cc1cc(C(=O)NCC(C(=O)O)C2CCOCC2)ccc1-n1cccn1. The van der Waals surface area contributed by atoms with Crippen LogP contribution < -0.4 is 5.32 Å². The number of carboxylic acid groups (broad SMARTS) is 1. The molecule has 26 heavy (non-hydrogen) atoms. The third-order valence-electron chi connectivity index (χ3n) is 4.84. The topological polar surface area (TPSA) is 93.5 Å². The molecule has 0 bridgehead atoms. The fourth-order valence-electron chi connectivity index (χ4n) is 3.34. The monoisotopic (exact) mass is 357 g/mol. The Hall–Kier alpha value is -2.67. The van der Waals surface area contributed by atoms with Crippen LogP contribution in [0.5, 0.6) is 0 Å². The number of aliphatic carboxylic acids is 1. The fourth-order valence-corrected chi connectivity index (χ4v) is 3.34. The molecular weight excluding hydrogens is 334 g/mol. The van der Waals surface area contributed by atoms with Gasteiger partial charge in [-0.15, -0.1) is 0 Å². The lowest BCUT2D eigenvalue weighted by Crippen LogP contribution is -2.39. The third-order valence-corrected chi connectivity index (χ3v) is 4.84. The minimum Gasteiger partial charge on any atom is -0.481 e. The first-order valence-electron chi connectivity index (χ1n) is 8.75. The van der Waals surface area contributed by atoms with E-state index in [1.165, 1.54) is 0 Å². The van der Waals surface area contributed by atoms with E-state index in [0.29, 0.717) is 31.6 Å². The lowest BCUT2D eigenvalue weighted by atomic mass is 9.86. The summed E-state index contributed by atoms with van der Waals surface area (Å²) in [4.78, 5) is 24.0. The number of rotatable bonds is 6. The molecular formula is C19H23N3O4. The Balaban J connectivity index is 1.65. The Kier molecular flexibility index (Phi) is 5.68. The molecule has 0 radical (unpaired) electrons. The Bertz CT molecular complexity index is 767. The first-order valence-corrected chi connectivity index (χ1v) is 8.75. The average Bonchev–Trinajstić information content (AvgIpc) is 3.16. The fraction of sp³-hybridized carbons (Fsp3) is 0.421. The maximum Gasteiger partial charge on any atom is 0.308 e. The van der Waals surface area contributed by atoms with Gasteiger partial charge in [-0.3, -0.25) is 9.59 Å². The lowest BCUT2D eigenvalue weighted by Gasteiger charge is -2.27. The standard InChI is InChI=1S/C19H23N3O4/c1-13-11-15(3-4-17(13)22-8-2-7-21-22)18(23)20-12-16(19(24)25)14-5-9-26-10-6-14/h2-4,7-8,11,14,16H,5-6,9-10,12H2,1H3,(H,20,23)(H,24,25). The molecule has 1 unspecified atom stereocenters. The van der Waals surface area contributed by atoms with Crippen molar-refractivity contribution in [3.63, 3.8) is 0 Å². The van der Waals surface area contributed by atoms with Gasteiger partial charge in [-0.05, 0) is 55.5 Å². The maximum absolute atomic E-state index is 12.5. The number of nitrogens with zero attached hydrogens (tertiary/aromatic N) is 2. The molecule has 1 aliphatic heterocycles. The highest BCUT2D eigenvalue weighted by Gasteiger charge is 2.30. The number of amides is 1. The normalized spacial score (nSPS) is 16.2. The van der Waals surface area contributed by atoms with Gasteiger partial charge in [0.05, 0.1) is 11.6 Å². The summed E-state index contributed by atoms with van der Waals surface area (Å²) < 4.78 is 7.03. The number of ether oxygens (including phenoxy) is 1. The second-order valence-corrected chi connectivity index (χ2v) is 6.56. The second-order valence-electron chi connectivity index (χ2n) is 6.56. The minimum atomic E-state index is -0.873. The number of aromatic nitrogens is 2. The zero-order valence-electron chi connectivity index (χ0n) is 14.7. The predicted octanol–water partition coefficient (Wildman–Crippen LogP) is 2.04. The largest absolute Gasteiger partial charge is 0.481 e. The number of carbonyl (C=O) groups is 2. The lowest BCUT2D eigenvalue weighted by molar-refractivity contribution is -0.144. The third kappa shape index (κ3) is 4.11. The van der Waals surface area contributed by atoms with Gasteiger partial charge in [0, 0.05) is 37.7 Å². The van der Waals surface area contributed by atoms with E-state index >= 15 is 0 Å². The van der Waals surface area contributed by atoms with Crippen molar-refractivity contribution in [1.82, 2.24) is 15.1 Å². The number of nitrogens with one attached hydrogen (secondary N) is 1. The molecule has 2 aromatic rings. The predicted molar refractivity (Wildman–Crippen MR) is 95.3 cm³/mol. The molecule has 2 heterocycles. The Morgan fingerprint density at radius 3 is 2.77 bits per heavy atom. The van der Waals surface area contributed by atoms with E-state index in [1.807, 2.05) is 25.3 Å². The van der Waals surface area contributed by atoms with Crippen molar-refractivity contribution in [2.24, 2.45) is 11.8 Å². The van der Waals surface area contributed by atoms with Gasteiger partial charge in [0.2, 0.25) is 0 Å². The molecule has 1 atom stereocenters. The molecule has 1 amide bonds. The highest BCUT2D eigenvalue weighted by Crippen LogP contribution is 2.24. The first-order chi connectivity index (χ1) is 12.6. The summed E-state index contributed by atoms with van der Waals surface area (Å²) in [7, 11) is 0. The van der Waals surface area contributed by atoms with E-state index in [-0.39, 0.29) is 18.4 Å². The Morgan fingerprint density at radius 2 is 2.15 bits per heavy atom. The van der Waals surface area contributed by atoms with Crippen molar-refractivity contribution in [2.45, 2.75) is 19.8 Å². The summed E-state index contributed by atoms with van der Waals surface area (Å²) in [5, 5.41) is 16.5. The van der Waals surface area contributed by atoms with Crippen LogP contribution in [0.4, 0.5) is 0 Å². The van der Waals surface area contributed by atoms with Crippen LogP contribution in [0.1, 0.15) is 28.8 Å². The molecule has 1 aromatic heterocycles. The van der Waals surface area contributed by atoms with Gasteiger partial charge in [0.15, 0.2) is 0 Å². The minimum absolute atomic E-state index is 0.0328. The average molecular weight is 357 g/mol. The molecule has 3 rings (SSSR count). The Labute approximate surface area is 152 Å². The first kappa shape index (κ1) is 18.1. The van der Waals surface area contributed by atoms with Gasteiger partial charge in [-0.2, -0.15) is 5.10 Å². The van der Waals surface area contributed by atoms with Gasteiger partial charge in [0.1, 0.15) is 0 Å². The van der Waals surface area contributed by atoms with Crippen LogP contribution in [-0.4, -0.2) is 46.5 Å². The zero-order valence-corrected chi connectivity index (χ0v) is 14.7. The molecule has 1 aliphatic rings.